The molecular formula is C9H14Mt2N2O8S. The first-order valence-electron chi connectivity index (χ1n) is 5.45. The molecule has 0 heterocycles. The van der Waals surface area contributed by atoms with E-state index in [0.29, 0.717) is 0 Å². The molecule has 1 aliphatic carbocycles. The number of aliphatic hydroxyl groups excluding tert-OH is 1. The number of carbonyl (C=O) groups is 3. The van der Waals surface area contributed by atoms with Gasteiger partial charge in [-0.2, -0.15) is 8.42 Å². The van der Waals surface area contributed by atoms with Gasteiger partial charge in [0.2, 0.25) is 5.91 Å². The number of aliphatic carboxylic acids is 1. The molecule has 10 nitrogen and oxygen atoms in total. The fourth-order valence-corrected chi connectivity index (χ4v) is 2.78. The van der Waals surface area contributed by atoms with Crippen LogP contribution >= 0.6 is 0 Å². The van der Waals surface area contributed by atoms with Crippen molar-refractivity contribution < 1.29 is 37.6 Å². The van der Waals surface area contributed by atoms with Gasteiger partial charge < -0.3 is 20.8 Å². The van der Waals surface area contributed by atoms with E-state index < -0.39 is 57.8 Å². The van der Waals surface area contributed by atoms with Gasteiger partial charge in [-0.05, 0) is 0 Å². The second kappa shape index (κ2) is 6.15. The van der Waals surface area contributed by atoms with Crippen molar-refractivity contribution in [3.63, 3.8) is 0 Å². The van der Waals surface area contributed by atoms with Gasteiger partial charge in [0.15, 0.2) is 5.54 Å². The Bertz CT molecular complexity index is 554. The average Bonchev–Trinajstić information content (AvgIpc) is 3.01. The van der Waals surface area contributed by atoms with E-state index in [-0.39, 0.29) is 0 Å². The molecule has 2 amide bonds. The quantitative estimate of drug-likeness (QED) is 0.177. The summed E-state index contributed by atoms with van der Waals surface area (Å²) in [6.07, 6.45) is -2.24. The number of nitrogens with one attached hydrogen (secondary N) is 2. The van der Waals surface area contributed by atoms with Crippen LogP contribution in [0, 0.1) is 0 Å². The van der Waals surface area contributed by atoms with Gasteiger partial charge >= 0.3 is 5.97 Å². The predicted octanol–water partition coefficient (Wildman–Crippen LogP) is -2.92. The Balaban J connectivity index is 0. The number of hydrogen-bond acceptors (Lipinski definition) is 6. The number of carboxylic acids is 1. The summed E-state index contributed by atoms with van der Waals surface area (Å²) in [4.78, 5) is 33.2. The minimum atomic E-state index is -4.63. The molecule has 1 rings (SSSR count). The molecule has 0 radical (unpaired) electrons. The number of carbonyl (C=O) groups excluding carboxylic acids is 2. The molecule has 0 spiro atoms. The van der Waals surface area contributed by atoms with E-state index >= 15 is 0 Å². The summed E-state index contributed by atoms with van der Waals surface area (Å²) in [5.41, 5.74) is -2.15. The number of amides is 2. The van der Waals surface area contributed by atoms with Crippen molar-refractivity contribution in [2.24, 2.45) is 0 Å². The maximum atomic E-state index is 11.5. The Hall–Kier alpha value is -3.72. The van der Waals surface area contributed by atoms with Crippen LogP contribution in [-0.4, -0.2) is 64.4 Å². The fourth-order valence-electron chi connectivity index (χ4n) is 1.64. The van der Waals surface area contributed by atoms with E-state index in [1.54, 1.807) is 0 Å². The summed E-state index contributed by atoms with van der Waals surface area (Å²) < 4.78 is 30.6. The van der Waals surface area contributed by atoms with E-state index in [9.17, 15) is 27.9 Å². The molecule has 0 saturated heterocycles. The van der Waals surface area contributed by atoms with Crippen LogP contribution < -0.4 is 10.6 Å². The first kappa shape index (κ1) is 20.6. The first-order valence-corrected chi connectivity index (χ1v) is 6.95. The normalized spacial score (nSPS) is 24.0. The molecule has 0 bridgehead atoms. The maximum absolute atomic E-state index is 11.5. The second-order valence-corrected chi connectivity index (χ2v) is 6.03. The molecule has 1 saturated carbocycles. The third-order valence-electron chi connectivity index (χ3n) is 2.83. The molecular weight excluding hydrogens is 852 g/mol. The molecule has 0 aromatic heterocycles. The van der Waals surface area contributed by atoms with Gasteiger partial charge in [0.05, 0.1) is 6.54 Å². The largest absolute Gasteiger partial charge is 0.479 e. The second-order valence-electron chi connectivity index (χ2n) is 4.43. The molecule has 1 aliphatic rings. The zero-order valence-electron chi connectivity index (χ0n) is 11.8. The van der Waals surface area contributed by atoms with Gasteiger partial charge in [0, 0.05) is 13.3 Å². The predicted molar refractivity (Wildman–Crippen MR) is 63.2 cm³/mol. The molecule has 0 aromatic carbocycles. The van der Waals surface area contributed by atoms with Gasteiger partial charge in [0.25, 0.3) is 16.0 Å². The van der Waals surface area contributed by atoms with E-state index in [1.165, 1.54) is 0 Å². The standard InChI is InChI=1S/C9H14N2O8S.2Mt/c1-4(12)10-3-5(13)7(14)11-9(8(15)16)2-6(9)20(17,18)19;;/h5-6,13H,2-3H2,1H3,(H,10,12)(H,11,14)(H,15,16)(H,17,18,19);;. The van der Waals surface area contributed by atoms with Gasteiger partial charge in [-0.1, -0.05) is 0 Å². The number of hydrogen-bond donors (Lipinski definition) is 5. The Kier molecular flexibility index (Phi) is 5.76. The molecule has 3 atom stereocenters. The molecule has 118 valence electrons. The maximum Gasteiger partial charge on any atom is 0.330 e. The van der Waals surface area contributed by atoms with Crippen molar-refractivity contribution in [2.75, 3.05) is 6.54 Å². The zero-order valence-corrected chi connectivity index (χ0v) is 25.7. The minimum absolute atomic E-state index is 0. The third-order valence-corrected chi connectivity index (χ3v) is 4.12. The Morgan fingerprint density at radius 1 is 1.32 bits per heavy atom. The summed E-state index contributed by atoms with van der Waals surface area (Å²) in [6, 6.07) is 0. The van der Waals surface area contributed by atoms with Crippen molar-refractivity contribution in [1.82, 2.24) is 10.6 Å². The van der Waals surface area contributed by atoms with Gasteiger partial charge in [0.1, 0.15) is 11.4 Å². The van der Waals surface area contributed by atoms with Crippen LogP contribution in [0.25, 0.3) is 0 Å². The van der Waals surface area contributed by atoms with Crippen molar-refractivity contribution in [2.45, 2.75) is 30.2 Å². The Labute approximate surface area is 113 Å². The number of aliphatic hydroxyl groups is 1. The van der Waals surface area contributed by atoms with Crippen LogP contribution in [0.2, 0.25) is 0 Å². The van der Waals surface area contributed by atoms with Crippen molar-refractivity contribution in [1.29, 1.82) is 0 Å². The summed E-state index contributed by atoms with van der Waals surface area (Å²) in [5, 5.41) is 20.7. The van der Waals surface area contributed by atoms with Crippen molar-refractivity contribution in [3.8, 4) is 0 Å². The zero-order chi connectivity index (χ0) is 15.7. The molecule has 1 fully saturated rings. The summed E-state index contributed by atoms with van der Waals surface area (Å²) >= 11 is 0. The number of carboxylic acid groups (broad SMARTS) is 1. The van der Waals surface area contributed by atoms with Crippen LogP contribution in [0.3, 0.4) is 0 Å². The third kappa shape index (κ3) is 3.88. The van der Waals surface area contributed by atoms with Crippen LogP contribution in [0.15, 0.2) is 0 Å². The van der Waals surface area contributed by atoms with Crippen LogP contribution in [0.1, 0.15) is 13.3 Å². The van der Waals surface area contributed by atoms with Crippen molar-refractivity contribution >= 4 is 27.9 Å². The van der Waals surface area contributed by atoms with Gasteiger partial charge in [-0.25, -0.2) is 4.79 Å². The van der Waals surface area contributed by atoms with Gasteiger partial charge in [-0.15, -0.1) is 0 Å². The Morgan fingerprint density at radius 3 is 2.14 bits per heavy atom. The Morgan fingerprint density at radius 2 is 1.82 bits per heavy atom. The first-order chi connectivity index (χ1) is 9.00. The van der Waals surface area contributed by atoms with Crippen LogP contribution in [0.4, 0.5) is 0 Å². The van der Waals surface area contributed by atoms with Crippen molar-refractivity contribution in [3.05, 3.63) is 0 Å². The molecule has 0 aromatic rings. The average molecular weight is 866 g/mol. The van der Waals surface area contributed by atoms with Gasteiger partial charge in [-0.3, -0.25) is 14.1 Å². The number of rotatable bonds is 6. The molecule has 3 unspecified atom stereocenters. The SMILES string of the molecule is CC(=O)NCC(O)C(=O)NC1(C(=O)O)CC1S(=O)(=O)O.[Mt].[Mt]. The van der Waals surface area contributed by atoms with E-state index in [4.69, 9.17) is 9.66 Å². The summed E-state index contributed by atoms with van der Waals surface area (Å²) in [5.74, 6) is -3.31. The fraction of sp³-hybridized carbons (Fsp3) is 0.667. The minimum Gasteiger partial charge on any atom is -0.479 e. The van der Waals surface area contributed by atoms with E-state index in [1.807, 2.05) is 5.32 Å². The molecule has 5 N–H and O–H groups in total. The smallest absolute Gasteiger partial charge is 0.330 e. The van der Waals surface area contributed by atoms with Crippen LogP contribution in [0.5, 0.6) is 0 Å². The van der Waals surface area contributed by atoms with E-state index in [2.05, 4.69) is 5.32 Å². The summed E-state index contributed by atoms with van der Waals surface area (Å²) in [7, 11) is -4.63. The topological polar surface area (TPSA) is 170 Å². The van der Waals surface area contributed by atoms with E-state index in [0.717, 1.165) is 6.92 Å². The monoisotopic (exact) mass is 866 g/mol. The molecule has 22 heavy (non-hydrogen) atoms. The molecule has 13 heteroatoms. The van der Waals surface area contributed by atoms with Crippen LogP contribution in [-0.2, 0) is 24.5 Å². The summed E-state index contributed by atoms with van der Waals surface area (Å²) in [6.45, 7) is 0.700. The molecule has 0 aliphatic heterocycles.